The lowest BCUT2D eigenvalue weighted by Gasteiger charge is -2.41. The molecule has 10 heteroatoms. The predicted molar refractivity (Wildman–Crippen MR) is 111 cm³/mol. The van der Waals surface area contributed by atoms with E-state index in [0.29, 0.717) is 44.1 Å². The molecular weight excluding hydrogens is 421 g/mol. The molecule has 3 aromatic heterocycles. The van der Waals surface area contributed by atoms with Crippen molar-refractivity contribution in [2.75, 3.05) is 18.0 Å². The predicted octanol–water partition coefficient (Wildman–Crippen LogP) is 3.44. The zero-order valence-electron chi connectivity index (χ0n) is 18.1. The van der Waals surface area contributed by atoms with E-state index in [-0.39, 0.29) is 11.8 Å². The minimum Gasteiger partial charge on any atom is -0.371 e. The van der Waals surface area contributed by atoms with Crippen LogP contribution in [0.5, 0.6) is 0 Å². The van der Waals surface area contributed by atoms with Crippen LogP contribution in [0.4, 0.5) is 18.9 Å². The number of hydrogen-bond donors (Lipinski definition) is 0. The van der Waals surface area contributed by atoms with Crippen molar-refractivity contribution in [2.24, 2.45) is 5.92 Å². The number of anilines is 1. The highest BCUT2D eigenvalue weighted by Crippen LogP contribution is 2.34. The average Bonchev–Trinajstić information content (AvgIpc) is 3.32. The zero-order valence-corrected chi connectivity index (χ0v) is 18.1. The molecule has 2 aliphatic heterocycles. The highest BCUT2D eigenvalue weighted by molar-refractivity contribution is 5.78. The number of carbonyl (C=O) groups is 1. The van der Waals surface area contributed by atoms with E-state index in [1.54, 1.807) is 6.07 Å². The zero-order chi connectivity index (χ0) is 22.8. The lowest BCUT2D eigenvalue weighted by Crippen LogP contribution is -2.48. The van der Waals surface area contributed by atoms with Crippen LogP contribution in [0.1, 0.15) is 40.3 Å². The van der Waals surface area contributed by atoms with Gasteiger partial charge in [0.25, 0.3) is 0 Å². The van der Waals surface area contributed by atoms with E-state index in [9.17, 15) is 18.0 Å². The highest BCUT2D eigenvalue weighted by atomic mass is 19.4. The molecular formula is C22H23F3N6O. The fourth-order valence-corrected chi connectivity index (χ4v) is 4.63. The summed E-state index contributed by atoms with van der Waals surface area (Å²) in [7, 11) is 0. The first-order valence-electron chi connectivity index (χ1n) is 10.5. The Morgan fingerprint density at radius 2 is 1.88 bits per heavy atom. The summed E-state index contributed by atoms with van der Waals surface area (Å²) in [5, 5.41) is 4.47. The van der Waals surface area contributed by atoms with Gasteiger partial charge in [-0.05, 0) is 44.0 Å². The van der Waals surface area contributed by atoms with Gasteiger partial charge < -0.3 is 9.80 Å². The quantitative estimate of drug-likeness (QED) is 0.619. The van der Waals surface area contributed by atoms with Gasteiger partial charge in [0.1, 0.15) is 11.5 Å². The van der Waals surface area contributed by atoms with E-state index in [1.165, 1.54) is 6.20 Å². The molecule has 7 nitrogen and oxygen atoms in total. The molecule has 0 aromatic carbocycles. The van der Waals surface area contributed by atoms with Crippen molar-refractivity contribution in [3.63, 3.8) is 0 Å². The minimum atomic E-state index is -4.47. The van der Waals surface area contributed by atoms with E-state index in [0.717, 1.165) is 34.1 Å². The van der Waals surface area contributed by atoms with E-state index in [4.69, 9.17) is 0 Å². The molecule has 0 bridgehead atoms. The van der Waals surface area contributed by atoms with Crippen molar-refractivity contribution >= 4 is 17.2 Å². The fourth-order valence-electron chi connectivity index (χ4n) is 4.63. The molecule has 0 atom stereocenters. The summed E-state index contributed by atoms with van der Waals surface area (Å²) in [6.07, 6.45) is -2.91. The van der Waals surface area contributed by atoms with Gasteiger partial charge in [-0.1, -0.05) is 0 Å². The fraction of sp³-hybridized carbons (Fsp3) is 0.455. The van der Waals surface area contributed by atoms with E-state index >= 15 is 0 Å². The third-order valence-corrected chi connectivity index (χ3v) is 6.53. The Kier molecular flexibility index (Phi) is 4.65. The van der Waals surface area contributed by atoms with Gasteiger partial charge in [0.2, 0.25) is 5.91 Å². The molecule has 0 saturated carbocycles. The van der Waals surface area contributed by atoms with Gasteiger partial charge in [-0.15, -0.1) is 0 Å². The van der Waals surface area contributed by atoms with Crippen LogP contribution in [0.3, 0.4) is 0 Å². The summed E-state index contributed by atoms with van der Waals surface area (Å²) in [5.74, 6) is 0.875. The number of pyridine rings is 2. The third-order valence-electron chi connectivity index (χ3n) is 6.53. The molecule has 2 aliphatic rings. The Hall–Kier alpha value is -3.17. The van der Waals surface area contributed by atoms with Gasteiger partial charge in [0.05, 0.1) is 6.54 Å². The Bertz CT molecular complexity index is 1230. The maximum Gasteiger partial charge on any atom is 0.433 e. The summed E-state index contributed by atoms with van der Waals surface area (Å²) >= 11 is 0. The van der Waals surface area contributed by atoms with Crippen LogP contribution in [0.15, 0.2) is 18.3 Å². The Balaban J connectivity index is 1.25. The molecule has 1 saturated heterocycles. The number of alkyl halides is 3. The van der Waals surface area contributed by atoms with Crippen molar-refractivity contribution in [2.45, 2.75) is 46.5 Å². The lowest BCUT2D eigenvalue weighted by atomic mass is 9.95. The van der Waals surface area contributed by atoms with E-state index in [2.05, 4.69) is 15.1 Å². The number of aromatic nitrogens is 4. The van der Waals surface area contributed by atoms with Crippen LogP contribution < -0.4 is 4.90 Å². The molecule has 0 radical (unpaired) electrons. The number of nitrogens with zero attached hydrogens (tertiary/aromatic N) is 6. The number of carbonyl (C=O) groups excluding carboxylic acids is 1. The number of fused-ring (bicyclic) bond motifs is 3. The van der Waals surface area contributed by atoms with Crippen LogP contribution in [-0.4, -0.2) is 43.5 Å². The molecule has 0 spiro atoms. The van der Waals surface area contributed by atoms with E-state index < -0.39 is 11.9 Å². The molecule has 0 unspecified atom stereocenters. The van der Waals surface area contributed by atoms with Crippen molar-refractivity contribution < 1.29 is 18.0 Å². The van der Waals surface area contributed by atoms with Gasteiger partial charge in [0, 0.05) is 55.1 Å². The average molecular weight is 444 g/mol. The summed E-state index contributed by atoms with van der Waals surface area (Å²) in [5.41, 5.74) is 4.74. The standard InChI is InChI=1S/C22H23F3N6O/c1-12-13(2)31-21(27-14(3)28-31)18-11-30(10-17(12)18)20(32)6-15-8-29(9-15)16-4-5-26-19(7-16)22(23,24)25/h4-5,7,15H,6,8-11H2,1-3H3. The summed E-state index contributed by atoms with van der Waals surface area (Å²) in [4.78, 5) is 24.6. The van der Waals surface area contributed by atoms with Crippen molar-refractivity contribution in [3.8, 4) is 0 Å². The topological polar surface area (TPSA) is 66.6 Å². The molecule has 1 fully saturated rings. The Labute approximate surface area is 182 Å². The molecule has 3 aromatic rings. The van der Waals surface area contributed by atoms with Crippen molar-refractivity contribution in [3.05, 3.63) is 52.2 Å². The lowest BCUT2D eigenvalue weighted by molar-refractivity contribution is -0.141. The van der Waals surface area contributed by atoms with Gasteiger partial charge in [-0.25, -0.2) is 9.50 Å². The van der Waals surface area contributed by atoms with Crippen LogP contribution in [0.25, 0.3) is 5.65 Å². The maximum absolute atomic E-state index is 13.0. The van der Waals surface area contributed by atoms with Crippen LogP contribution >= 0.6 is 0 Å². The number of halogens is 3. The van der Waals surface area contributed by atoms with Crippen LogP contribution in [0, 0.1) is 26.7 Å². The summed E-state index contributed by atoms with van der Waals surface area (Å²) < 4.78 is 40.5. The Morgan fingerprint density at radius 1 is 1.16 bits per heavy atom. The normalized spacial score (nSPS) is 16.6. The summed E-state index contributed by atoms with van der Waals surface area (Å²) in [6.45, 7) is 8.08. The van der Waals surface area contributed by atoms with Gasteiger partial charge in [-0.3, -0.25) is 9.78 Å². The molecule has 5 heterocycles. The monoisotopic (exact) mass is 444 g/mol. The minimum absolute atomic E-state index is 0.0583. The number of aryl methyl sites for hydroxylation is 2. The second kappa shape index (κ2) is 7.18. The second-order valence-corrected chi connectivity index (χ2v) is 8.68. The van der Waals surface area contributed by atoms with E-state index in [1.807, 2.05) is 35.1 Å². The molecule has 32 heavy (non-hydrogen) atoms. The van der Waals surface area contributed by atoms with Crippen LogP contribution in [-0.2, 0) is 24.1 Å². The number of hydrogen-bond acceptors (Lipinski definition) is 5. The largest absolute Gasteiger partial charge is 0.433 e. The van der Waals surface area contributed by atoms with Gasteiger partial charge in [-0.2, -0.15) is 18.3 Å². The molecule has 0 aliphatic carbocycles. The third kappa shape index (κ3) is 3.37. The van der Waals surface area contributed by atoms with Gasteiger partial charge >= 0.3 is 6.18 Å². The summed E-state index contributed by atoms with van der Waals surface area (Å²) in [6, 6.07) is 2.63. The first-order valence-corrected chi connectivity index (χ1v) is 10.5. The van der Waals surface area contributed by atoms with Gasteiger partial charge in [0.15, 0.2) is 5.65 Å². The second-order valence-electron chi connectivity index (χ2n) is 8.68. The molecule has 168 valence electrons. The highest BCUT2D eigenvalue weighted by Gasteiger charge is 2.36. The first-order chi connectivity index (χ1) is 15.1. The SMILES string of the molecule is Cc1nc2c3c(c(C)c(C)n2n1)CN(C(=O)CC1CN(c2ccnc(C(F)(F)F)c2)C1)C3. The maximum atomic E-state index is 13.0. The number of amides is 1. The Morgan fingerprint density at radius 3 is 2.59 bits per heavy atom. The smallest absolute Gasteiger partial charge is 0.371 e. The number of rotatable bonds is 3. The molecule has 0 N–H and O–H groups in total. The first kappa shape index (κ1) is 20.7. The van der Waals surface area contributed by atoms with Crippen molar-refractivity contribution in [1.29, 1.82) is 0 Å². The molecule has 1 amide bonds. The van der Waals surface area contributed by atoms with Crippen LogP contribution in [0.2, 0.25) is 0 Å². The molecule has 5 rings (SSSR count). The van der Waals surface area contributed by atoms with Crippen molar-refractivity contribution in [1.82, 2.24) is 24.5 Å².